The highest BCUT2D eigenvalue weighted by Crippen LogP contribution is 2.13. The van der Waals surface area contributed by atoms with Gasteiger partial charge in [0.15, 0.2) is 0 Å². The molecule has 0 saturated carbocycles. The molecule has 1 aromatic heterocycles. The molecule has 0 aliphatic heterocycles. The third-order valence-corrected chi connectivity index (χ3v) is 2.24. The van der Waals surface area contributed by atoms with Crippen LogP contribution in [0.2, 0.25) is 0 Å². The maximum Gasteiger partial charge on any atom is 0.137 e. The SMILES string of the molecule is CCC(O)CCc1cncc(OC)c1. The van der Waals surface area contributed by atoms with Crippen molar-refractivity contribution in [3.63, 3.8) is 0 Å². The molecule has 0 spiro atoms. The largest absolute Gasteiger partial charge is 0.495 e. The van der Waals surface area contributed by atoms with Crippen molar-refractivity contribution in [2.45, 2.75) is 32.3 Å². The molecule has 3 nitrogen and oxygen atoms in total. The molecular weight excluding hydrogens is 178 g/mol. The number of aliphatic hydroxyl groups is 1. The van der Waals surface area contributed by atoms with Gasteiger partial charge in [-0.15, -0.1) is 0 Å². The molecule has 3 heteroatoms. The lowest BCUT2D eigenvalue weighted by Crippen LogP contribution is -2.05. The summed E-state index contributed by atoms with van der Waals surface area (Å²) in [5.41, 5.74) is 1.11. The molecule has 0 aliphatic rings. The van der Waals surface area contributed by atoms with E-state index in [1.807, 2.05) is 19.2 Å². The van der Waals surface area contributed by atoms with Gasteiger partial charge in [-0.2, -0.15) is 0 Å². The number of aliphatic hydroxyl groups excluding tert-OH is 1. The molecule has 0 saturated heterocycles. The summed E-state index contributed by atoms with van der Waals surface area (Å²) in [5.74, 6) is 0.772. The molecule has 0 fully saturated rings. The molecule has 0 radical (unpaired) electrons. The smallest absolute Gasteiger partial charge is 0.137 e. The van der Waals surface area contributed by atoms with Crippen LogP contribution in [0.1, 0.15) is 25.3 Å². The van der Waals surface area contributed by atoms with E-state index in [9.17, 15) is 5.11 Å². The first-order valence-corrected chi connectivity index (χ1v) is 4.92. The molecule has 78 valence electrons. The number of hydrogen-bond acceptors (Lipinski definition) is 3. The number of methoxy groups -OCH3 is 1. The van der Waals surface area contributed by atoms with Crippen LogP contribution in [0.15, 0.2) is 18.5 Å². The molecule has 1 unspecified atom stereocenters. The average molecular weight is 195 g/mol. The van der Waals surface area contributed by atoms with Crippen molar-refractivity contribution in [2.75, 3.05) is 7.11 Å². The third kappa shape index (κ3) is 3.34. The Hall–Kier alpha value is -1.09. The van der Waals surface area contributed by atoms with Crippen molar-refractivity contribution in [1.29, 1.82) is 0 Å². The number of hydrogen-bond donors (Lipinski definition) is 1. The van der Waals surface area contributed by atoms with Gasteiger partial charge in [0.25, 0.3) is 0 Å². The summed E-state index contributed by atoms with van der Waals surface area (Å²) in [7, 11) is 1.63. The predicted molar refractivity (Wildman–Crippen MR) is 55.4 cm³/mol. The van der Waals surface area contributed by atoms with Crippen LogP contribution >= 0.6 is 0 Å². The number of aromatic nitrogens is 1. The van der Waals surface area contributed by atoms with Gasteiger partial charge in [-0.3, -0.25) is 4.98 Å². The lowest BCUT2D eigenvalue weighted by Gasteiger charge is -2.07. The van der Waals surface area contributed by atoms with Gasteiger partial charge in [-0.25, -0.2) is 0 Å². The van der Waals surface area contributed by atoms with E-state index < -0.39 is 0 Å². The molecule has 1 rings (SSSR count). The van der Waals surface area contributed by atoms with Crippen LogP contribution in [0.25, 0.3) is 0 Å². The van der Waals surface area contributed by atoms with Gasteiger partial charge in [-0.1, -0.05) is 6.92 Å². The van der Waals surface area contributed by atoms with Gasteiger partial charge in [0.2, 0.25) is 0 Å². The number of ether oxygens (including phenoxy) is 1. The van der Waals surface area contributed by atoms with Crippen LogP contribution in [0.5, 0.6) is 5.75 Å². The van der Waals surface area contributed by atoms with Crippen molar-refractivity contribution in [2.24, 2.45) is 0 Å². The molecule has 1 heterocycles. The van der Waals surface area contributed by atoms with Gasteiger partial charge >= 0.3 is 0 Å². The molecular formula is C11H17NO2. The summed E-state index contributed by atoms with van der Waals surface area (Å²) < 4.78 is 5.06. The zero-order valence-electron chi connectivity index (χ0n) is 8.73. The highest BCUT2D eigenvalue weighted by atomic mass is 16.5. The standard InChI is InChI=1S/C11H17NO2/c1-3-10(13)5-4-9-6-11(14-2)8-12-7-9/h6-8,10,13H,3-5H2,1-2H3. The molecule has 0 amide bonds. The van der Waals surface area contributed by atoms with Gasteiger partial charge in [0, 0.05) is 6.20 Å². The zero-order chi connectivity index (χ0) is 10.4. The highest BCUT2D eigenvalue weighted by molar-refractivity contribution is 5.23. The van der Waals surface area contributed by atoms with E-state index >= 15 is 0 Å². The number of nitrogens with zero attached hydrogens (tertiary/aromatic N) is 1. The number of aryl methyl sites for hydroxylation is 1. The monoisotopic (exact) mass is 195 g/mol. The van der Waals surface area contributed by atoms with E-state index in [4.69, 9.17) is 4.74 Å². The fraction of sp³-hybridized carbons (Fsp3) is 0.545. The normalized spacial score (nSPS) is 12.5. The van der Waals surface area contributed by atoms with Gasteiger partial charge < -0.3 is 9.84 Å². The lowest BCUT2D eigenvalue weighted by atomic mass is 10.1. The Balaban J connectivity index is 2.50. The first kappa shape index (κ1) is 11.0. The highest BCUT2D eigenvalue weighted by Gasteiger charge is 2.02. The van der Waals surface area contributed by atoms with E-state index in [1.54, 1.807) is 13.3 Å². The van der Waals surface area contributed by atoms with Crippen LogP contribution < -0.4 is 4.74 Å². The lowest BCUT2D eigenvalue weighted by molar-refractivity contribution is 0.160. The second kappa shape index (κ2) is 5.60. The van der Waals surface area contributed by atoms with Crippen LogP contribution in [0.3, 0.4) is 0 Å². The van der Waals surface area contributed by atoms with Crippen LogP contribution in [0, 0.1) is 0 Å². The maximum atomic E-state index is 9.39. The van der Waals surface area contributed by atoms with E-state index in [0.29, 0.717) is 0 Å². The molecule has 0 bridgehead atoms. The predicted octanol–water partition coefficient (Wildman–Crippen LogP) is 1.79. The summed E-state index contributed by atoms with van der Waals surface area (Å²) >= 11 is 0. The quantitative estimate of drug-likeness (QED) is 0.779. The summed E-state index contributed by atoms with van der Waals surface area (Å²) in [6, 6.07) is 1.95. The Kier molecular flexibility index (Phi) is 4.40. The van der Waals surface area contributed by atoms with E-state index in [-0.39, 0.29) is 6.10 Å². The molecule has 14 heavy (non-hydrogen) atoms. The van der Waals surface area contributed by atoms with E-state index in [1.165, 1.54) is 0 Å². The molecule has 1 aromatic rings. The second-order valence-corrected chi connectivity index (χ2v) is 3.33. The Morgan fingerprint density at radius 2 is 2.29 bits per heavy atom. The first-order chi connectivity index (χ1) is 6.76. The summed E-state index contributed by atoms with van der Waals surface area (Å²) in [5, 5.41) is 9.39. The number of rotatable bonds is 5. The average Bonchev–Trinajstić information content (AvgIpc) is 2.26. The zero-order valence-corrected chi connectivity index (χ0v) is 8.73. The minimum absolute atomic E-state index is 0.207. The second-order valence-electron chi connectivity index (χ2n) is 3.33. The Labute approximate surface area is 84.7 Å². The van der Waals surface area contributed by atoms with Crippen molar-refractivity contribution in [1.82, 2.24) is 4.98 Å². The van der Waals surface area contributed by atoms with Crippen molar-refractivity contribution < 1.29 is 9.84 Å². The first-order valence-electron chi connectivity index (χ1n) is 4.92. The minimum atomic E-state index is -0.207. The minimum Gasteiger partial charge on any atom is -0.495 e. The van der Waals surface area contributed by atoms with Crippen LogP contribution in [0.4, 0.5) is 0 Å². The van der Waals surface area contributed by atoms with Crippen LogP contribution in [-0.2, 0) is 6.42 Å². The fourth-order valence-electron chi connectivity index (χ4n) is 1.25. The van der Waals surface area contributed by atoms with Crippen LogP contribution in [-0.4, -0.2) is 23.3 Å². The summed E-state index contributed by atoms with van der Waals surface area (Å²) in [6.45, 7) is 1.98. The summed E-state index contributed by atoms with van der Waals surface area (Å²) in [6.07, 6.45) is 5.72. The van der Waals surface area contributed by atoms with Gasteiger partial charge in [0.05, 0.1) is 19.4 Å². The van der Waals surface area contributed by atoms with Crippen molar-refractivity contribution in [3.8, 4) is 5.75 Å². The summed E-state index contributed by atoms with van der Waals surface area (Å²) in [4.78, 5) is 4.05. The van der Waals surface area contributed by atoms with Crippen molar-refractivity contribution >= 4 is 0 Å². The molecule has 0 aromatic carbocycles. The Bertz CT molecular complexity index is 276. The molecule has 1 atom stereocenters. The maximum absolute atomic E-state index is 9.39. The fourth-order valence-corrected chi connectivity index (χ4v) is 1.25. The third-order valence-electron chi connectivity index (χ3n) is 2.24. The van der Waals surface area contributed by atoms with Crippen molar-refractivity contribution in [3.05, 3.63) is 24.0 Å². The Morgan fingerprint density at radius 1 is 1.50 bits per heavy atom. The van der Waals surface area contributed by atoms with Gasteiger partial charge in [-0.05, 0) is 30.9 Å². The van der Waals surface area contributed by atoms with E-state index in [0.717, 1.165) is 30.6 Å². The van der Waals surface area contributed by atoms with E-state index in [2.05, 4.69) is 4.98 Å². The Morgan fingerprint density at radius 3 is 2.93 bits per heavy atom. The molecule has 1 N–H and O–H groups in total. The number of pyridine rings is 1. The van der Waals surface area contributed by atoms with Gasteiger partial charge in [0.1, 0.15) is 5.75 Å². The topological polar surface area (TPSA) is 42.4 Å². The molecule has 0 aliphatic carbocycles.